The maximum absolute atomic E-state index is 13.6. The van der Waals surface area contributed by atoms with Crippen molar-refractivity contribution in [3.63, 3.8) is 0 Å². The summed E-state index contributed by atoms with van der Waals surface area (Å²) in [5.74, 6) is 1.80. The maximum atomic E-state index is 13.6. The van der Waals surface area contributed by atoms with Crippen LogP contribution in [0.15, 0.2) is 53.6 Å². The average molecular weight is 661 g/mol. The lowest BCUT2D eigenvalue weighted by molar-refractivity contribution is 0.0497. The molecule has 0 bridgehead atoms. The number of carbonyl (C=O) groups excluding carboxylic acids is 2. The van der Waals surface area contributed by atoms with Crippen LogP contribution in [0.5, 0.6) is 23.0 Å². The van der Waals surface area contributed by atoms with Gasteiger partial charge in [0, 0.05) is 37.5 Å². The predicted molar refractivity (Wildman–Crippen MR) is 186 cm³/mol. The summed E-state index contributed by atoms with van der Waals surface area (Å²) >= 11 is 0. The lowest BCUT2D eigenvalue weighted by atomic mass is 10.1. The number of carbonyl (C=O) groups is 2. The fourth-order valence-corrected chi connectivity index (χ4v) is 6.94. The van der Waals surface area contributed by atoms with Crippen molar-refractivity contribution in [3.8, 4) is 23.0 Å². The molecule has 0 aromatic heterocycles. The van der Waals surface area contributed by atoms with Crippen LogP contribution in [-0.4, -0.2) is 97.8 Å². The standard InChI is InChI=1S/C36H44N4O7.CH4/c1-21(2)40-28-17-33(31(45-6)15-26(28)35(42)39-20-23(4)13-29(39)36(40)43)47-11-9-7-8-10-46-32-16-27-25(14-30(32)44-5)34(41)38-19-22(3)12-24(38)18-37-27;/h14-18,21,24,29,36,43H,3-4,7-13,19-20H2,1-2,5-6H3;1H4/t24-,29-,36-;/m0./s1. The number of amides is 2. The molecular weight excluding hydrogens is 612 g/mol. The van der Waals surface area contributed by atoms with E-state index < -0.39 is 6.23 Å². The summed E-state index contributed by atoms with van der Waals surface area (Å²) in [4.78, 5) is 36.8. The van der Waals surface area contributed by atoms with Gasteiger partial charge in [-0.2, -0.15) is 0 Å². The van der Waals surface area contributed by atoms with Crippen molar-refractivity contribution in [2.45, 2.75) is 77.7 Å². The van der Waals surface area contributed by atoms with Crippen molar-refractivity contribution in [1.29, 1.82) is 0 Å². The van der Waals surface area contributed by atoms with Gasteiger partial charge in [-0.25, -0.2) is 0 Å². The third-order valence-electron chi connectivity index (χ3n) is 9.28. The lowest BCUT2D eigenvalue weighted by Gasteiger charge is -2.36. The number of fused-ring (bicyclic) bond motifs is 4. The fourth-order valence-electron chi connectivity index (χ4n) is 6.94. The van der Waals surface area contributed by atoms with Gasteiger partial charge in [0.1, 0.15) is 6.23 Å². The van der Waals surface area contributed by atoms with E-state index in [1.807, 2.05) is 31.0 Å². The molecule has 0 aliphatic carbocycles. The SMILES string of the molecule is C.C=C1C[C@H]2C=Nc3cc(OCCCCCOc4cc5c(cc4OC)C(=O)N4CC(=C)C[C@H]4[C@H](O)N5C(C)C)c(OC)cc3C(=O)N2C1. The monoisotopic (exact) mass is 660 g/mol. The van der Waals surface area contributed by atoms with Gasteiger partial charge in [-0.05, 0) is 58.1 Å². The zero-order valence-electron chi connectivity index (χ0n) is 27.7. The first-order chi connectivity index (χ1) is 22.6. The van der Waals surface area contributed by atoms with E-state index in [9.17, 15) is 14.7 Å². The molecule has 0 radical (unpaired) electrons. The van der Waals surface area contributed by atoms with Gasteiger partial charge in [0.15, 0.2) is 23.0 Å². The first-order valence-electron chi connectivity index (χ1n) is 16.3. The number of aliphatic hydroxyl groups excluding tert-OH is 1. The number of hydrogen-bond donors (Lipinski definition) is 1. The summed E-state index contributed by atoms with van der Waals surface area (Å²) in [6.45, 7) is 14.0. The second-order valence-electron chi connectivity index (χ2n) is 12.9. The quantitative estimate of drug-likeness (QED) is 0.239. The van der Waals surface area contributed by atoms with Gasteiger partial charge in [0.05, 0.1) is 62.0 Å². The molecule has 258 valence electrons. The van der Waals surface area contributed by atoms with Gasteiger partial charge in [-0.1, -0.05) is 31.7 Å². The van der Waals surface area contributed by atoms with Crippen molar-refractivity contribution >= 4 is 29.4 Å². The highest BCUT2D eigenvalue weighted by molar-refractivity contribution is 6.04. The number of ether oxygens (including phenoxy) is 4. The van der Waals surface area contributed by atoms with Gasteiger partial charge in [0.2, 0.25) is 0 Å². The molecule has 3 atom stereocenters. The predicted octanol–water partition coefficient (Wildman–Crippen LogP) is 5.77. The molecule has 6 rings (SSSR count). The zero-order valence-corrected chi connectivity index (χ0v) is 27.7. The Labute approximate surface area is 283 Å². The molecule has 2 amide bonds. The van der Waals surface area contributed by atoms with Crippen molar-refractivity contribution in [2.75, 3.05) is 45.4 Å². The minimum Gasteiger partial charge on any atom is -0.493 e. The molecule has 0 saturated carbocycles. The number of unbranched alkanes of at least 4 members (excludes halogenated alkanes) is 2. The van der Waals surface area contributed by atoms with Crippen LogP contribution >= 0.6 is 0 Å². The molecule has 4 heterocycles. The summed E-state index contributed by atoms with van der Waals surface area (Å²) in [5, 5.41) is 11.4. The van der Waals surface area contributed by atoms with Crippen LogP contribution in [0.3, 0.4) is 0 Å². The molecule has 4 aliphatic rings. The van der Waals surface area contributed by atoms with E-state index in [-0.39, 0.29) is 37.4 Å². The summed E-state index contributed by atoms with van der Waals surface area (Å²) in [5.41, 5.74) is 4.13. The summed E-state index contributed by atoms with van der Waals surface area (Å²) in [6.07, 6.45) is 4.61. The molecule has 0 unspecified atom stereocenters. The molecule has 2 aromatic carbocycles. The Kier molecular flexibility index (Phi) is 10.4. The summed E-state index contributed by atoms with van der Waals surface area (Å²) < 4.78 is 23.5. The first kappa shape index (κ1) is 34.8. The van der Waals surface area contributed by atoms with Crippen molar-refractivity contribution in [3.05, 3.63) is 59.7 Å². The van der Waals surface area contributed by atoms with E-state index in [2.05, 4.69) is 18.2 Å². The lowest BCUT2D eigenvalue weighted by Crippen LogP contribution is -2.50. The average Bonchev–Trinajstić information content (AvgIpc) is 3.58. The Morgan fingerprint density at radius 1 is 0.833 bits per heavy atom. The van der Waals surface area contributed by atoms with E-state index in [0.717, 1.165) is 36.8 Å². The smallest absolute Gasteiger partial charge is 0.257 e. The third kappa shape index (κ3) is 6.48. The van der Waals surface area contributed by atoms with E-state index in [1.54, 1.807) is 42.2 Å². The highest BCUT2D eigenvalue weighted by Crippen LogP contribution is 2.43. The Morgan fingerprint density at radius 2 is 1.42 bits per heavy atom. The largest absolute Gasteiger partial charge is 0.493 e. The topological polar surface area (TPSA) is 113 Å². The van der Waals surface area contributed by atoms with E-state index in [1.165, 1.54) is 0 Å². The number of aliphatic imine (C=N–C) groups is 1. The van der Waals surface area contributed by atoms with Crippen LogP contribution in [0, 0.1) is 0 Å². The van der Waals surface area contributed by atoms with Crippen LogP contribution in [0.4, 0.5) is 11.4 Å². The molecule has 4 aliphatic heterocycles. The molecular formula is C37H48N4O7. The van der Waals surface area contributed by atoms with Crippen molar-refractivity contribution in [2.24, 2.45) is 4.99 Å². The Bertz CT molecular complexity index is 1620. The minimum absolute atomic E-state index is 0. The molecule has 11 heteroatoms. The summed E-state index contributed by atoms with van der Waals surface area (Å²) in [7, 11) is 3.12. The second kappa shape index (κ2) is 14.3. The summed E-state index contributed by atoms with van der Waals surface area (Å²) in [6, 6.07) is 6.52. The van der Waals surface area contributed by atoms with Gasteiger partial charge in [-0.3, -0.25) is 14.6 Å². The number of anilines is 1. The molecule has 0 spiro atoms. The highest BCUT2D eigenvalue weighted by atomic mass is 16.5. The van der Waals surface area contributed by atoms with Crippen LogP contribution < -0.4 is 23.8 Å². The normalized spacial score (nSPS) is 21.3. The molecule has 2 fully saturated rings. The number of rotatable bonds is 11. The van der Waals surface area contributed by atoms with E-state index in [0.29, 0.717) is 78.2 Å². The molecule has 1 N–H and O–H groups in total. The van der Waals surface area contributed by atoms with E-state index in [4.69, 9.17) is 18.9 Å². The second-order valence-corrected chi connectivity index (χ2v) is 12.9. The van der Waals surface area contributed by atoms with Crippen LogP contribution in [0.1, 0.15) is 74.1 Å². The number of hydrogen-bond acceptors (Lipinski definition) is 9. The molecule has 2 saturated heterocycles. The molecule has 2 aromatic rings. The first-order valence-corrected chi connectivity index (χ1v) is 16.3. The molecule has 48 heavy (non-hydrogen) atoms. The number of aliphatic hydroxyl groups is 1. The van der Waals surface area contributed by atoms with Gasteiger partial charge >= 0.3 is 0 Å². The Balaban J connectivity index is 0.00000451. The maximum Gasteiger partial charge on any atom is 0.257 e. The number of benzene rings is 2. The number of methoxy groups -OCH3 is 2. The van der Waals surface area contributed by atoms with Gasteiger partial charge < -0.3 is 38.8 Å². The van der Waals surface area contributed by atoms with Gasteiger partial charge in [0.25, 0.3) is 11.8 Å². The molecule has 11 nitrogen and oxygen atoms in total. The van der Waals surface area contributed by atoms with Crippen LogP contribution in [0.2, 0.25) is 0 Å². The fraction of sp³-hybridized carbons (Fsp3) is 0.486. The Morgan fingerprint density at radius 3 is 2.06 bits per heavy atom. The zero-order chi connectivity index (χ0) is 33.4. The minimum atomic E-state index is -0.871. The highest BCUT2D eigenvalue weighted by Gasteiger charge is 2.44. The van der Waals surface area contributed by atoms with Gasteiger partial charge in [-0.15, -0.1) is 0 Å². The van der Waals surface area contributed by atoms with Crippen LogP contribution in [0.25, 0.3) is 0 Å². The Hall–Kier alpha value is -4.51. The van der Waals surface area contributed by atoms with Crippen LogP contribution in [-0.2, 0) is 0 Å². The number of nitrogens with zero attached hydrogens (tertiary/aromatic N) is 4. The third-order valence-corrected chi connectivity index (χ3v) is 9.28. The van der Waals surface area contributed by atoms with Crippen molar-refractivity contribution < 1.29 is 33.6 Å². The van der Waals surface area contributed by atoms with E-state index >= 15 is 0 Å². The van der Waals surface area contributed by atoms with Crippen molar-refractivity contribution in [1.82, 2.24) is 9.80 Å².